The minimum atomic E-state index is 0.0300. The monoisotopic (exact) mass is 196 g/mol. The van der Waals surface area contributed by atoms with Gasteiger partial charge < -0.3 is 9.84 Å². The summed E-state index contributed by atoms with van der Waals surface area (Å²) in [5.41, 5.74) is 1.08. The van der Waals surface area contributed by atoms with Crippen LogP contribution in [0.5, 0.6) is 0 Å². The van der Waals surface area contributed by atoms with E-state index in [0.29, 0.717) is 0 Å². The van der Waals surface area contributed by atoms with E-state index in [1.165, 1.54) is 0 Å². The highest BCUT2D eigenvalue weighted by Gasteiger charge is 2.27. The maximum absolute atomic E-state index is 9.22. The van der Waals surface area contributed by atoms with Gasteiger partial charge in [0.2, 0.25) is 0 Å². The number of aliphatic hydroxyl groups is 1. The summed E-state index contributed by atoms with van der Waals surface area (Å²) in [5, 5.41) is 13.3. The predicted molar refractivity (Wildman–Crippen MR) is 51.7 cm³/mol. The van der Waals surface area contributed by atoms with Crippen LogP contribution in [0.4, 0.5) is 0 Å². The van der Waals surface area contributed by atoms with Gasteiger partial charge in [0.25, 0.3) is 0 Å². The molecule has 1 aromatic heterocycles. The van der Waals surface area contributed by atoms with E-state index in [2.05, 4.69) is 5.10 Å². The van der Waals surface area contributed by atoms with Gasteiger partial charge in [0.15, 0.2) is 0 Å². The maximum Gasteiger partial charge on any atom is 0.0905 e. The second kappa shape index (κ2) is 4.11. The van der Waals surface area contributed by atoms with E-state index >= 15 is 0 Å². The molecule has 0 spiro atoms. The zero-order chi connectivity index (χ0) is 9.97. The SMILES string of the molecule is Cn1cc(C2OCCCC2CO)cn1. The fourth-order valence-electron chi connectivity index (χ4n) is 1.99. The van der Waals surface area contributed by atoms with Crippen LogP contribution >= 0.6 is 0 Å². The summed E-state index contributed by atoms with van der Waals surface area (Å²) in [7, 11) is 1.89. The molecule has 1 aromatic rings. The quantitative estimate of drug-likeness (QED) is 0.763. The molecule has 4 heteroatoms. The molecule has 2 atom stereocenters. The second-order valence-electron chi connectivity index (χ2n) is 3.82. The van der Waals surface area contributed by atoms with Crippen LogP contribution in [0.1, 0.15) is 24.5 Å². The highest BCUT2D eigenvalue weighted by atomic mass is 16.5. The van der Waals surface area contributed by atoms with Gasteiger partial charge in [-0.3, -0.25) is 4.68 Å². The summed E-state index contributed by atoms with van der Waals surface area (Å²) >= 11 is 0. The van der Waals surface area contributed by atoms with Crippen LogP contribution in [0.2, 0.25) is 0 Å². The van der Waals surface area contributed by atoms with Gasteiger partial charge in [-0.1, -0.05) is 0 Å². The fourth-order valence-corrected chi connectivity index (χ4v) is 1.99. The Morgan fingerprint density at radius 3 is 3.21 bits per heavy atom. The Morgan fingerprint density at radius 2 is 2.57 bits per heavy atom. The molecule has 2 rings (SSSR count). The number of hydrogen-bond donors (Lipinski definition) is 1. The third-order valence-electron chi connectivity index (χ3n) is 2.73. The number of aromatic nitrogens is 2. The van der Waals surface area contributed by atoms with Gasteiger partial charge in [0, 0.05) is 37.9 Å². The van der Waals surface area contributed by atoms with Gasteiger partial charge in [-0.25, -0.2) is 0 Å². The number of aryl methyl sites for hydroxylation is 1. The third-order valence-corrected chi connectivity index (χ3v) is 2.73. The number of aliphatic hydroxyl groups excluding tert-OH is 1. The summed E-state index contributed by atoms with van der Waals surface area (Å²) in [6.45, 7) is 0.982. The molecule has 0 saturated carbocycles. The van der Waals surface area contributed by atoms with Crippen molar-refractivity contribution < 1.29 is 9.84 Å². The van der Waals surface area contributed by atoms with Crippen LogP contribution in [0.25, 0.3) is 0 Å². The van der Waals surface area contributed by atoms with Crippen LogP contribution in [0.3, 0.4) is 0 Å². The zero-order valence-electron chi connectivity index (χ0n) is 8.39. The molecule has 0 aliphatic carbocycles. The second-order valence-corrected chi connectivity index (χ2v) is 3.82. The summed E-state index contributed by atoms with van der Waals surface area (Å²) in [5.74, 6) is 0.230. The van der Waals surface area contributed by atoms with Crippen LogP contribution in [-0.4, -0.2) is 28.1 Å². The van der Waals surface area contributed by atoms with Crippen molar-refractivity contribution in [2.45, 2.75) is 18.9 Å². The van der Waals surface area contributed by atoms with Gasteiger partial charge in [0.05, 0.1) is 12.3 Å². The average Bonchev–Trinajstić information content (AvgIpc) is 2.65. The van der Waals surface area contributed by atoms with E-state index in [4.69, 9.17) is 4.74 Å². The van der Waals surface area contributed by atoms with Crippen molar-refractivity contribution >= 4 is 0 Å². The van der Waals surface area contributed by atoms with E-state index in [1.54, 1.807) is 4.68 Å². The normalized spacial score (nSPS) is 27.9. The summed E-state index contributed by atoms with van der Waals surface area (Å²) in [6, 6.07) is 0. The molecule has 0 bridgehead atoms. The summed E-state index contributed by atoms with van der Waals surface area (Å²) in [4.78, 5) is 0. The van der Waals surface area contributed by atoms with E-state index in [9.17, 15) is 5.11 Å². The summed E-state index contributed by atoms with van der Waals surface area (Å²) < 4.78 is 7.43. The van der Waals surface area contributed by atoms with Crippen molar-refractivity contribution in [3.05, 3.63) is 18.0 Å². The Labute approximate surface area is 83.5 Å². The summed E-state index contributed by atoms with van der Waals surface area (Å²) in [6.07, 6.45) is 5.89. The lowest BCUT2D eigenvalue weighted by atomic mass is 9.92. The van der Waals surface area contributed by atoms with E-state index in [0.717, 1.165) is 25.0 Å². The Morgan fingerprint density at radius 1 is 1.71 bits per heavy atom. The fraction of sp³-hybridized carbons (Fsp3) is 0.700. The topological polar surface area (TPSA) is 47.3 Å². The van der Waals surface area contributed by atoms with Crippen LogP contribution in [0.15, 0.2) is 12.4 Å². The predicted octanol–water partition coefficient (Wildman–Crippen LogP) is 0.880. The Balaban J connectivity index is 2.14. The molecule has 0 radical (unpaired) electrons. The molecule has 4 nitrogen and oxygen atoms in total. The molecule has 14 heavy (non-hydrogen) atoms. The van der Waals surface area contributed by atoms with Crippen molar-refractivity contribution in [2.75, 3.05) is 13.2 Å². The smallest absolute Gasteiger partial charge is 0.0905 e. The number of ether oxygens (including phenoxy) is 1. The van der Waals surface area contributed by atoms with E-state index < -0.39 is 0 Å². The lowest BCUT2D eigenvalue weighted by Crippen LogP contribution is -2.24. The van der Waals surface area contributed by atoms with Crippen LogP contribution < -0.4 is 0 Å². The molecule has 2 unspecified atom stereocenters. The largest absolute Gasteiger partial charge is 0.396 e. The maximum atomic E-state index is 9.22. The Kier molecular flexibility index (Phi) is 2.84. The molecule has 0 aromatic carbocycles. The standard InChI is InChI=1S/C10H16N2O2/c1-12-6-9(5-11-12)10-8(7-13)3-2-4-14-10/h5-6,8,10,13H,2-4,7H2,1H3. The van der Waals surface area contributed by atoms with E-state index in [-0.39, 0.29) is 18.6 Å². The highest BCUT2D eigenvalue weighted by Crippen LogP contribution is 2.32. The molecule has 1 N–H and O–H groups in total. The lowest BCUT2D eigenvalue weighted by molar-refractivity contribution is -0.0457. The van der Waals surface area contributed by atoms with Gasteiger partial charge >= 0.3 is 0 Å². The molecule has 1 fully saturated rings. The first-order valence-electron chi connectivity index (χ1n) is 5.02. The number of hydrogen-bond acceptors (Lipinski definition) is 3. The number of rotatable bonds is 2. The Bertz CT molecular complexity index is 298. The van der Waals surface area contributed by atoms with Gasteiger partial charge in [-0.2, -0.15) is 5.10 Å². The van der Waals surface area contributed by atoms with Crippen molar-refractivity contribution in [1.29, 1.82) is 0 Å². The molecule has 0 amide bonds. The first-order chi connectivity index (χ1) is 6.81. The minimum absolute atomic E-state index is 0.0300. The molecule has 78 valence electrons. The van der Waals surface area contributed by atoms with Gasteiger partial charge in [-0.05, 0) is 12.8 Å². The molecule has 1 aliphatic heterocycles. The minimum Gasteiger partial charge on any atom is -0.396 e. The van der Waals surface area contributed by atoms with Gasteiger partial charge in [0.1, 0.15) is 0 Å². The van der Waals surface area contributed by atoms with E-state index in [1.807, 2.05) is 19.4 Å². The first-order valence-corrected chi connectivity index (χ1v) is 5.02. The highest BCUT2D eigenvalue weighted by molar-refractivity contribution is 5.10. The van der Waals surface area contributed by atoms with Crippen molar-refractivity contribution in [1.82, 2.24) is 9.78 Å². The third kappa shape index (κ3) is 1.81. The average molecular weight is 196 g/mol. The molecule has 1 saturated heterocycles. The first kappa shape index (κ1) is 9.68. The zero-order valence-corrected chi connectivity index (χ0v) is 8.39. The molecular weight excluding hydrogens is 180 g/mol. The Hall–Kier alpha value is -0.870. The van der Waals surface area contributed by atoms with Crippen molar-refractivity contribution in [2.24, 2.45) is 13.0 Å². The van der Waals surface area contributed by atoms with Crippen molar-refractivity contribution in [3.8, 4) is 0 Å². The van der Waals surface area contributed by atoms with Gasteiger partial charge in [-0.15, -0.1) is 0 Å². The van der Waals surface area contributed by atoms with Crippen molar-refractivity contribution in [3.63, 3.8) is 0 Å². The lowest BCUT2D eigenvalue weighted by Gasteiger charge is -2.29. The molecular formula is C10H16N2O2. The van der Waals surface area contributed by atoms with Crippen LogP contribution in [0, 0.1) is 5.92 Å². The van der Waals surface area contributed by atoms with Crippen LogP contribution in [-0.2, 0) is 11.8 Å². The molecule has 1 aliphatic rings. The number of nitrogens with zero attached hydrogens (tertiary/aromatic N) is 2. The molecule has 2 heterocycles.